The predicted octanol–water partition coefficient (Wildman–Crippen LogP) is 2.92. The fourth-order valence-electron chi connectivity index (χ4n) is 1.78. The van der Waals surface area contributed by atoms with Crippen molar-refractivity contribution in [2.45, 2.75) is 33.6 Å². The summed E-state index contributed by atoms with van der Waals surface area (Å²) in [6, 6.07) is 0. The first-order valence-corrected chi connectivity index (χ1v) is 5.00. The first-order chi connectivity index (χ1) is 6.06. The summed E-state index contributed by atoms with van der Waals surface area (Å²) in [5, 5.41) is 8.85. The van der Waals surface area contributed by atoms with Gasteiger partial charge in [0.1, 0.15) is 0 Å². The van der Waals surface area contributed by atoms with Gasteiger partial charge in [-0.3, -0.25) is 0 Å². The summed E-state index contributed by atoms with van der Waals surface area (Å²) in [5.74, 6) is 0.717. The average molecular weight is 180 g/mol. The van der Waals surface area contributed by atoms with E-state index in [2.05, 4.69) is 32.1 Å². The lowest BCUT2D eigenvalue weighted by atomic mass is 9.80. The Morgan fingerprint density at radius 1 is 1.62 bits per heavy atom. The molecule has 0 saturated carbocycles. The lowest BCUT2D eigenvalue weighted by Gasteiger charge is -2.25. The van der Waals surface area contributed by atoms with E-state index in [0.717, 1.165) is 12.0 Å². The van der Waals surface area contributed by atoms with Crippen LogP contribution in [0.15, 0.2) is 23.8 Å². The van der Waals surface area contributed by atoms with Gasteiger partial charge in [-0.25, -0.2) is 0 Å². The van der Waals surface area contributed by atoms with E-state index < -0.39 is 0 Å². The summed E-state index contributed by atoms with van der Waals surface area (Å²) < 4.78 is 0. The van der Waals surface area contributed by atoms with Crippen molar-refractivity contribution >= 4 is 0 Å². The minimum Gasteiger partial charge on any atom is -0.392 e. The molecule has 1 N–H and O–H groups in total. The Bertz CT molecular complexity index is 223. The molecule has 0 saturated heterocycles. The third-order valence-electron chi connectivity index (χ3n) is 3.02. The van der Waals surface area contributed by atoms with Crippen LogP contribution in [0.3, 0.4) is 0 Å². The van der Waals surface area contributed by atoms with Crippen molar-refractivity contribution in [3.05, 3.63) is 23.8 Å². The predicted molar refractivity (Wildman–Crippen MR) is 56.5 cm³/mol. The van der Waals surface area contributed by atoms with Gasteiger partial charge < -0.3 is 5.11 Å². The Hall–Kier alpha value is -0.560. The molecule has 0 amide bonds. The molecular formula is C12H20O. The Labute approximate surface area is 81.2 Å². The van der Waals surface area contributed by atoms with Gasteiger partial charge in [-0.2, -0.15) is 0 Å². The van der Waals surface area contributed by atoms with E-state index in [0.29, 0.717) is 11.3 Å². The van der Waals surface area contributed by atoms with Crippen LogP contribution in [-0.2, 0) is 0 Å². The van der Waals surface area contributed by atoms with Gasteiger partial charge in [0.15, 0.2) is 0 Å². The summed E-state index contributed by atoms with van der Waals surface area (Å²) in [6.07, 6.45) is 9.01. The second-order valence-electron chi connectivity index (χ2n) is 4.60. The van der Waals surface area contributed by atoms with E-state index in [9.17, 15) is 0 Å². The van der Waals surface area contributed by atoms with Crippen LogP contribution in [0.25, 0.3) is 0 Å². The van der Waals surface area contributed by atoms with Gasteiger partial charge in [-0.1, -0.05) is 37.6 Å². The lowest BCUT2D eigenvalue weighted by molar-refractivity contribution is 0.306. The smallest absolute Gasteiger partial charge is 0.0639 e. The van der Waals surface area contributed by atoms with Gasteiger partial charge in [-0.05, 0) is 31.1 Å². The quantitative estimate of drug-likeness (QED) is 0.662. The highest BCUT2D eigenvalue weighted by atomic mass is 16.3. The third-order valence-corrected chi connectivity index (χ3v) is 3.02. The number of hydrogen-bond acceptors (Lipinski definition) is 1. The van der Waals surface area contributed by atoms with E-state index in [1.165, 1.54) is 6.42 Å². The second-order valence-corrected chi connectivity index (χ2v) is 4.60. The van der Waals surface area contributed by atoms with E-state index in [1.807, 2.05) is 6.92 Å². The molecule has 0 aromatic rings. The van der Waals surface area contributed by atoms with Crippen LogP contribution < -0.4 is 0 Å². The third kappa shape index (κ3) is 2.70. The monoisotopic (exact) mass is 180 g/mol. The van der Waals surface area contributed by atoms with Gasteiger partial charge >= 0.3 is 0 Å². The van der Waals surface area contributed by atoms with Crippen molar-refractivity contribution in [1.82, 2.24) is 0 Å². The second kappa shape index (κ2) is 4.10. The molecule has 13 heavy (non-hydrogen) atoms. The summed E-state index contributed by atoms with van der Waals surface area (Å²) in [5.41, 5.74) is 1.43. The van der Waals surface area contributed by atoms with Crippen molar-refractivity contribution in [3.8, 4) is 0 Å². The molecule has 74 valence electrons. The summed E-state index contributed by atoms with van der Waals surface area (Å²) in [7, 11) is 0. The Balaban J connectivity index is 2.48. The minimum atomic E-state index is 0.195. The molecule has 1 nitrogen and oxygen atoms in total. The highest BCUT2D eigenvalue weighted by molar-refractivity contribution is 5.10. The van der Waals surface area contributed by atoms with E-state index in [4.69, 9.17) is 5.11 Å². The van der Waals surface area contributed by atoms with Crippen molar-refractivity contribution in [2.75, 3.05) is 6.61 Å². The highest BCUT2D eigenvalue weighted by Gasteiger charge is 2.28. The molecule has 1 heteroatoms. The van der Waals surface area contributed by atoms with Gasteiger partial charge in [-0.15, -0.1) is 0 Å². The number of hydrogen-bond donors (Lipinski definition) is 1. The molecule has 0 heterocycles. The maximum Gasteiger partial charge on any atom is 0.0639 e. The molecule has 1 aliphatic rings. The summed E-state index contributed by atoms with van der Waals surface area (Å²) in [6.45, 7) is 6.74. The Morgan fingerprint density at radius 3 is 2.77 bits per heavy atom. The van der Waals surface area contributed by atoms with Crippen LogP contribution in [0.2, 0.25) is 0 Å². The topological polar surface area (TPSA) is 20.2 Å². The van der Waals surface area contributed by atoms with Crippen LogP contribution in [0.5, 0.6) is 0 Å². The fraction of sp³-hybridized carbons (Fsp3) is 0.667. The maximum atomic E-state index is 8.85. The van der Waals surface area contributed by atoms with E-state index >= 15 is 0 Å². The van der Waals surface area contributed by atoms with Gasteiger partial charge in [0, 0.05) is 0 Å². The zero-order chi connectivity index (χ0) is 9.90. The SMILES string of the molecule is C/C(=C\CC1CC=CC1(C)C)CO. The van der Waals surface area contributed by atoms with Crippen LogP contribution in [-0.4, -0.2) is 11.7 Å². The molecule has 0 spiro atoms. The molecule has 0 fully saturated rings. The first-order valence-electron chi connectivity index (χ1n) is 5.00. The van der Waals surface area contributed by atoms with Crippen molar-refractivity contribution < 1.29 is 5.11 Å². The lowest BCUT2D eigenvalue weighted by Crippen LogP contribution is -2.16. The molecule has 0 aromatic heterocycles. The minimum absolute atomic E-state index is 0.195. The molecular weight excluding hydrogens is 160 g/mol. The summed E-state index contributed by atoms with van der Waals surface area (Å²) in [4.78, 5) is 0. The zero-order valence-corrected chi connectivity index (χ0v) is 8.88. The number of aliphatic hydroxyl groups excluding tert-OH is 1. The Morgan fingerprint density at radius 2 is 2.31 bits per heavy atom. The highest BCUT2D eigenvalue weighted by Crippen LogP contribution is 2.39. The van der Waals surface area contributed by atoms with Gasteiger partial charge in [0.2, 0.25) is 0 Å². The summed E-state index contributed by atoms with van der Waals surface area (Å²) >= 11 is 0. The molecule has 0 bridgehead atoms. The van der Waals surface area contributed by atoms with E-state index in [1.54, 1.807) is 0 Å². The zero-order valence-electron chi connectivity index (χ0n) is 8.88. The van der Waals surface area contributed by atoms with Crippen molar-refractivity contribution in [2.24, 2.45) is 11.3 Å². The Kier molecular flexibility index (Phi) is 3.32. The number of allylic oxidation sites excluding steroid dienone is 3. The molecule has 0 radical (unpaired) electrons. The standard InChI is InChI=1S/C12H20O/c1-10(9-13)6-7-11-5-4-8-12(11,2)3/h4,6,8,11,13H,5,7,9H2,1-3H3/b10-6+. The molecule has 1 unspecified atom stereocenters. The number of rotatable bonds is 3. The van der Waals surface area contributed by atoms with Crippen LogP contribution in [0.1, 0.15) is 33.6 Å². The van der Waals surface area contributed by atoms with Gasteiger partial charge in [0.25, 0.3) is 0 Å². The number of aliphatic hydroxyl groups is 1. The van der Waals surface area contributed by atoms with Gasteiger partial charge in [0.05, 0.1) is 6.61 Å². The molecule has 1 rings (SSSR count). The van der Waals surface area contributed by atoms with Crippen LogP contribution in [0, 0.1) is 11.3 Å². The molecule has 0 aliphatic heterocycles. The van der Waals surface area contributed by atoms with Crippen molar-refractivity contribution in [1.29, 1.82) is 0 Å². The largest absolute Gasteiger partial charge is 0.392 e. The average Bonchev–Trinajstić information content (AvgIpc) is 2.41. The molecule has 1 atom stereocenters. The van der Waals surface area contributed by atoms with Crippen LogP contribution in [0.4, 0.5) is 0 Å². The van der Waals surface area contributed by atoms with E-state index in [-0.39, 0.29) is 6.61 Å². The molecule has 0 aromatic carbocycles. The normalized spacial score (nSPS) is 26.8. The van der Waals surface area contributed by atoms with Crippen molar-refractivity contribution in [3.63, 3.8) is 0 Å². The first kappa shape index (κ1) is 10.5. The molecule has 1 aliphatic carbocycles. The maximum absolute atomic E-state index is 8.85. The van der Waals surface area contributed by atoms with Crippen LogP contribution >= 0.6 is 0 Å². The fourth-order valence-corrected chi connectivity index (χ4v) is 1.78.